The van der Waals surface area contributed by atoms with Crippen LogP contribution in [0.25, 0.3) is 10.2 Å². The highest BCUT2D eigenvalue weighted by atomic mass is 32.2. The maximum atomic E-state index is 4.65. The van der Waals surface area contributed by atoms with Crippen LogP contribution in [0, 0.1) is 0 Å². The van der Waals surface area contributed by atoms with E-state index in [1.54, 1.807) is 27.8 Å². The summed E-state index contributed by atoms with van der Waals surface area (Å²) in [5.41, 5.74) is 1.08. The molecular weight excluding hydrogens is 278 g/mol. The Kier molecular flexibility index (Phi) is 3.48. The van der Waals surface area contributed by atoms with Gasteiger partial charge in [0.1, 0.15) is 0 Å². The summed E-state index contributed by atoms with van der Waals surface area (Å²) >= 11 is 3.43. The number of fused-ring (bicyclic) bond motifs is 1. The van der Waals surface area contributed by atoms with Crippen LogP contribution >= 0.6 is 23.1 Å². The van der Waals surface area contributed by atoms with Crippen molar-refractivity contribution in [2.24, 2.45) is 7.05 Å². The highest BCUT2D eigenvalue weighted by Gasteiger charge is 2.13. The zero-order valence-electron chi connectivity index (χ0n) is 10.6. The molecule has 1 aromatic carbocycles. The summed E-state index contributed by atoms with van der Waals surface area (Å²) in [6.45, 7) is 2.17. The fourth-order valence-electron chi connectivity index (χ4n) is 1.80. The number of tetrazole rings is 1. The molecule has 0 N–H and O–H groups in total. The number of para-hydroxylation sites is 1. The molecule has 98 valence electrons. The number of benzene rings is 1. The van der Waals surface area contributed by atoms with Crippen LogP contribution in [0.15, 0.2) is 29.4 Å². The van der Waals surface area contributed by atoms with Gasteiger partial charge in [-0.1, -0.05) is 30.8 Å². The molecule has 0 bridgehead atoms. The summed E-state index contributed by atoms with van der Waals surface area (Å²) < 4.78 is 2.94. The summed E-state index contributed by atoms with van der Waals surface area (Å²) in [4.78, 5) is 4.65. The Bertz CT molecular complexity index is 657. The third kappa shape index (κ3) is 2.76. The molecule has 0 aliphatic carbocycles. The number of nitrogens with zero attached hydrogens (tertiary/aromatic N) is 5. The van der Waals surface area contributed by atoms with Gasteiger partial charge in [0.2, 0.25) is 5.16 Å². The van der Waals surface area contributed by atoms with Gasteiger partial charge in [0, 0.05) is 18.7 Å². The Morgan fingerprint density at radius 3 is 2.95 bits per heavy atom. The van der Waals surface area contributed by atoms with Crippen molar-refractivity contribution in [1.82, 2.24) is 25.2 Å². The van der Waals surface area contributed by atoms with Crippen molar-refractivity contribution in [2.75, 3.05) is 0 Å². The highest BCUT2D eigenvalue weighted by Crippen LogP contribution is 2.27. The fraction of sp³-hybridized carbons (Fsp3) is 0.333. The maximum Gasteiger partial charge on any atom is 0.209 e. The minimum absolute atomic E-state index is 0.394. The van der Waals surface area contributed by atoms with Crippen LogP contribution in [0.2, 0.25) is 0 Å². The summed E-state index contributed by atoms with van der Waals surface area (Å²) in [7, 11) is 1.85. The van der Waals surface area contributed by atoms with Gasteiger partial charge in [0.05, 0.1) is 15.2 Å². The number of hydrogen-bond acceptors (Lipinski definition) is 6. The third-order valence-corrected chi connectivity index (χ3v) is 4.87. The molecule has 1 unspecified atom stereocenters. The Hall–Kier alpha value is -1.47. The van der Waals surface area contributed by atoms with Crippen molar-refractivity contribution in [3.05, 3.63) is 29.3 Å². The zero-order chi connectivity index (χ0) is 13.2. The predicted molar refractivity (Wildman–Crippen MR) is 77.4 cm³/mol. The normalized spacial score (nSPS) is 12.9. The molecule has 3 aromatic rings. The van der Waals surface area contributed by atoms with E-state index < -0.39 is 0 Å². The summed E-state index contributed by atoms with van der Waals surface area (Å²) in [5, 5.41) is 13.9. The van der Waals surface area contributed by atoms with Crippen LogP contribution in [0.1, 0.15) is 11.9 Å². The van der Waals surface area contributed by atoms with E-state index in [0.29, 0.717) is 5.25 Å². The SMILES string of the molecule is CC(Cc1nc2ccccc2s1)Sc1nnnn1C. The first kappa shape index (κ1) is 12.6. The van der Waals surface area contributed by atoms with Crippen molar-refractivity contribution in [1.29, 1.82) is 0 Å². The van der Waals surface area contributed by atoms with Crippen LogP contribution in [0.4, 0.5) is 0 Å². The van der Waals surface area contributed by atoms with Crippen LogP contribution in [-0.4, -0.2) is 30.4 Å². The predicted octanol–water partition coefficient (Wildman–Crippen LogP) is 2.54. The lowest BCUT2D eigenvalue weighted by Gasteiger charge is -2.06. The lowest BCUT2D eigenvalue weighted by molar-refractivity contribution is 0.663. The molecule has 0 aliphatic heterocycles. The Labute approximate surface area is 119 Å². The van der Waals surface area contributed by atoms with E-state index in [1.165, 1.54) is 4.70 Å². The third-order valence-electron chi connectivity index (χ3n) is 2.69. The van der Waals surface area contributed by atoms with Gasteiger partial charge in [-0.3, -0.25) is 0 Å². The van der Waals surface area contributed by atoms with E-state index in [4.69, 9.17) is 0 Å². The monoisotopic (exact) mass is 291 g/mol. The minimum atomic E-state index is 0.394. The van der Waals surface area contributed by atoms with E-state index in [-0.39, 0.29) is 0 Å². The number of rotatable bonds is 4. The number of thiazole rings is 1. The lowest BCUT2D eigenvalue weighted by atomic mass is 10.3. The molecule has 0 saturated heterocycles. The average molecular weight is 291 g/mol. The van der Waals surface area contributed by atoms with Gasteiger partial charge >= 0.3 is 0 Å². The number of hydrogen-bond donors (Lipinski definition) is 0. The van der Waals surface area contributed by atoms with E-state index in [9.17, 15) is 0 Å². The van der Waals surface area contributed by atoms with Gasteiger partial charge < -0.3 is 0 Å². The van der Waals surface area contributed by atoms with Gasteiger partial charge in [0.15, 0.2) is 0 Å². The molecule has 5 nitrogen and oxygen atoms in total. The second kappa shape index (κ2) is 5.26. The smallest absolute Gasteiger partial charge is 0.209 e. The minimum Gasteiger partial charge on any atom is -0.241 e. The van der Waals surface area contributed by atoms with Gasteiger partial charge in [-0.15, -0.1) is 16.4 Å². The summed E-state index contributed by atoms with van der Waals surface area (Å²) in [6.07, 6.45) is 0.927. The van der Waals surface area contributed by atoms with Crippen LogP contribution < -0.4 is 0 Å². The van der Waals surface area contributed by atoms with E-state index in [2.05, 4.69) is 39.6 Å². The maximum absolute atomic E-state index is 4.65. The second-order valence-electron chi connectivity index (χ2n) is 4.29. The topological polar surface area (TPSA) is 56.5 Å². The molecule has 0 aliphatic rings. The molecule has 1 atom stereocenters. The molecule has 0 amide bonds. The van der Waals surface area contributed by atoms with Crippen molar-refractivity contribution in [3.8, 4) is 0 Å². The van der Waals surface area contributed by atoms with E-state index in [0.717, 1.165) is 22.1 Å². The molecule has 0 fully saturated rings. The Morgan fingerprint density at radius 2 is 2.21 bits per heavy atom. The molecule has 7 heteroatoms. The number of aromatic nitrogens is 5. The number of thioether (sulfide) groups is 1. The first-order valence-corrected chi connectivity index (χ1v) is 7.65. The first-order valence-electron chi connectivity index (χ1n) is 5.96. The molecule has 3 rings (SSSR count). The van der Waals surface area contributed by atoms with Gasteiger partial charge in [-0.2, -0.15) is 0 Å². The van der Waals surface area contributed by atoms with Crippen molar-refractivity contribution < 1.29 is 0 Å². The van der Waals surface area contributed by atoms with Crippen LogP contribution in [-0.2, 0) is 13.5 Å². The average Bonchev–Trinajstić information content (AvgIpc) is 2.95. The first-order chi connectivity index (χ1) is 9.22. The van der Waals surface area contributed by atoms with Crippen LogP contribution in [0.5, 0.6) is 0 Å². The highest BCUT2D eigenvalue weighted by molar-refractivity contribution is 7.99. The molecule has 0 spiro atoms. The second-order valence-corrected chi connectivity index (χ2v) is 6.81. The van der Waals surface area contributed by atoms with E-state index in [1.807, 2.05) is 19.2 Å². The summed E-state index contributed by atoms with van der Waals surface area (Å²) in [5.74, 6) is 0. The Balaban J connectivity index is 1.72. The molecule has 0 saturated carbocycles. The van der Waals surface area contributed by atoms with Gasteiger partial charge in [-0.05, 0) is 22.6 Å². The van der Waals surface area contributed by atoms with E-state index >= 15 is 0 Å². The van der Waals surface area contributed by atoms with Crippen LogP contribution in [0.3, 0.4) is 0 Å². The zero-order valence-corrected chi connectivity index (χ0v) is 12.3. The lowest BCUT2D eigenvalue weighted by Crippen LogP contribution is -2.03. The standard InChI is InChI=1S/C12H13N5S2/c1-8(18-12-14-15-16-17(12)2)7-11-13-9-5-3-4-6-10(9)19-11/h3-6,8H,7H2,1-2H3. The Morgan fingerprint density at radius 1 is 1.37 bits per heavy atom. The van der Waals surface area contributed by atoms with Gasteiger partial charge in [-0.25, -0.2) is 9.67 Å². The quantitative estimate of drug-likeness (QED) is 0.691. The van der Waals surface area contributed by atoms with Crippen molar-refractivity contribution >= 4 is 33.3 Å². The molecule has 2 heterocycles. The number of aryl methyl sites for hydroxylation is 1. The van der Waals surface area contributed by atoms with Crippen molar-refractivity contribution in [3.63, 3.8) is 0 Å². The fourth-order valence-corrected chi connectivity index (χ4v) is 3.87. The molecule has 2 aromatic heterocycles. The molecule has 0 radical (unpaired) electrons. The largest absolute Gasteiger partial charge is 0.241 e. The molecular formula is C12H13N5S2. The summed E-state index contributed by atoms with van der Waals surface area (Å²) in [6, 6.07) is 8.24. The molecule has 19 heavy (non-hydrogen) atoms. The van der Waals surface area contributed by atoms with Crippen molar-refractivity contribution in [2.45, 2.75) is 23.8 Å². The van der Waals surface area contributed by atoms with Gasteiger partial charge in [0.25, 0.3) is 0 Å².